The van der Waals surface area contributed by atoms with Crippen LogP contribution in [0.1, 0.15) is 13.8 Å². The van der Waals surface area contributed by atoms with E-state index in [4.69, 9.17) is 12.2 Å². The number of thiocarbonyl (C=S) groups is 1. The van der Waals surface area contributed by atoms with Crippen LogP contribution in [0.15, 0.2) is 12.7 Å². The molecule has 0 rings (SSSR count). The van der Waals surface area contributed by atoms with Crippen molar-refractivity contribution in [3.63, 3.8) is 0 Å². The van der Waals surface area contributed by atoms with Gasteiger partial charge in [0.2, 0.25) is 0 Å². The summed E-state index contributed by atoms with van der Waals surface area (Å²) < 4.78 is 0.444. The van der Waals surface area contributed by atoms with Gasteiger partial charge in [0.25, 0.3) is 0 Å². The molecule has 0 aliphatic heterocycles. The lowest BCUT2D eigenvalue weighted by Gasteiger charge is -2.09. The summed E-state index contributed by atoms with van der Waals surface area (Å²) in [5, 5.41) is 0. The maximum Gasteiger partial charge on any atom is 0.146 e. The SMILES string of the molecule is C=CCSC(=S)C(C(C)=O)C(C)=O. The molecule has 0 aliphatic rings. The molecule has 13 heavy (non-hydrogen) atoms. The van der Waals surface area contributed by atoms with Crippen molar-refractivity contribution in [1.82, 2.24) is 0 Å². The Morgan fingerprint density at radius 2 is 1.92 bits per heavy atom. The van der Waals surface area contributed by atoms with Gasteiger partial charge in [-0.2, -0.15) is 0 Å². The highest BCUT2D eigenvalue weighted by atomic mass is 32.2. The van der Waals surface area contributed by atoms with Crippen molar-refractivity contribution in [2.45, 2.75) is 13.8 Å². The summed E-state index contributed by atoms with van der Waals surface area (Å²) in [6.45, 7) is 6.29. The Bertz CT molecular complexity index is 232. The van der Waals surface area contributed by atoms with E-state index in [1.807, 2.05) is 0 Å². The molecule has 0 aromatic heterocycles. The molecule has 4 heteroatoms. The number of hydrogen-bond donors (Lipinski definition) is 0. The van der Waals surface area contributed by atoms with Crippen molar-refractivity contribution in [1.29, 1.82) is 0 Å². The van der Waals surface area contributed by atoms with Crippen LogP contribution >= 0.6 is 24.0 Å². The Balaban J connectivity index is 4.38. The van der Waals surface area contributed by atoms with Crippen LogP contribution in [-0.2, 0) is 9.59 Å². The van der Waals surface area contributed by atoms with Crippen molar-refractivity contribution in [3.8, 4) is 0 Å². The highest BCUT2D eigenvalue weighted by Crippen LogP contribution is 2.15. The zero-order valence-corrected chi connectivity index (χ0v) is 9.33. The van der Waals surface area contributed by atoms with Crippen LogP contribution in [0, 0.1) is 5.92 Å². The first-order chi connectivity index (χ1) is 6.00. The van der Waals surface area contributed by atoms with Crippen molar-refractivity contribution in [2.24, 2.45) is 5.92 Å². The first-order valence-corrected chi connectivity index (χ1v) is 5.18. The highest BCUT2D eigenvalue weighted by Gasteiger charge is 2.24. The van der Waals surface area contributed by atoms with Crippen LogP contribution < -0.4 is 0 Å². The summed E-state index contributed by atoms with van der Waals surface area (Å²) in [6.07, 6.45) is 1.69. The summed E-state index contributed by atoms with van der Waals surface area (Å²) in [4.78, 5) is 22.1. The molecular weight excluding hydrogens is 204 g/mol. The van der Waals surface area contributed by atoms with Crippen LogP contribution in [-0.4, -0.2) is 21.5 Å². The van der Waals surface area contributed by atoms with Gasteiger partial charge in [0.15, 0.2) is 0 Å². The van der Waals surface area contributed by atoms with E-state index in [1.165, 1.54) is 25.6 Å². The Kier molecular flexibility index (Phi) is 5.82. The second-order valence-electron chi connectivity index (χ2n) is 2.57. The number of rotatable bonds is 5. The number of thioether (sulfide) groups is 1. The van der Waals surface area contributed by atoms with Gasteiger partial charge in [0.05, 0.1) is 4.20 Å². The lowest BCUT2D eigenvalue weighted by atomic mass is 10.0. The molecule has 0 aromatic rings. The fraction of sp³-hybridized carbons (Fsp3) is 0.444. The molecule has 0 unspecified atom stereocenters. The Morgan fingerprint density at radius 3 is 2.23 bits per heavy atom. The molecule has 0 atom stereocenters. The second-order valence-corrected chi connectivity index (χ2v) is 4.33. The molecule has 0 aromatic carbocycles. The predicted octanol–water partition coefficient (Wildman–Crippen LogP) is 2.03. The molecule has 0 bridgehead atoms. The Morgan fingerprint density at radius 1 is 1.46 bits per heavy atom. The third-order valence-electron chi connectivity index (χ3n) is 1.39. The third-order valence-corrected chi connectivity index (χ3v) is 2.90. The van der Waals surface area contributed by atoms with Crippen molar-refractivity contribution < 1.29 is 9.59 Å². The topological polar surface area (TPSA) is 34.1 Å². The van der Waals surface area contributed by atoms with E-state index in [0.29, 0.717) is 9.95 Å². The van der Waals surface area contributed by atoms with E-state index in [1.54, 1.807) is 6.08 Å². The van der Waals surface area contributed by atoms with Gasteiger partial charge in [-0.25, -0.2) is 0 Å². The lowest BCUT2D eigenvalue weighted by Crippen LogP contribution is -2.25. The van der Waals surface area contributed by atoms with Gasteiger partial charge in [0.1, 0.15) is 17.5 Å². The molecule has 0 aliphatic carbocycles. The average molecular weight is 216 g/mol. The molecule has 0 heterocycles. The monoisotopic (exact) mass is 216 g/mol. The van der Waals surface area contributed by atoms with Crippen LogP contribution in [0.3, 0.4) is 0 Å². The van der Waals surface area contributed by atoms with Crippen molar-refractivity contribution in [2.75, 3.05) is 5.75 Å². The number of hydrogen-bond acceptors (Lipinski definition) is 4. The standard InChI is InChI=1S/C9H12O2S2/c1-4-5-13-9(12)8(6(2)10)7(3)11/h4,8H,1,5H2,2-3H3. The normalized spacial score (nSPS) is 9.77. The number of carbonyl (C=O) groups excluding carboxylic acids is 2. The minimum absolute atomic E-state index is 0.186. The van der Waals surface area contributed by atoms with E-state index < -0.39 is 5.92 Å². The minimum Gasteiger partial charge on any atom is -0.299 e. The van der Waals surface area contributed by atoms with Gasteiger partial charge in [-0.05, 0) is 13.8 Å². The molecular formula is C9H12O2S2. The molecule has 2 nitrogen and oxygen atoms in total. The van der Waals surface area contributed by atoms with Gasteiger partial charge in [-0.1, -0.05) is 18.3 Å². The molecule has 0 fully saturated rings. The first kappa shape index (κ1) is 12.5. The van der Waals surface area contributed by atoms with Crippen LogP contribution in [0.5, 0.6) is 0 Å². The molecule has 0 saturated heterocycles. The molecule has 0 radical (unpaired) electrons. The smallest absolute Gasteiger partial charge is 0.146 e. The van der Waals surface area contributed by atoms with Crippen molar-refractivity contribution >= 4 is 39.7 Å². The maximum atomic E-state index is 11.0. The number of ketones is 2. The van der Waals surface area contributed by atoms with Gasteiger partial charge in [-0.3, -0.25) is 9.59 Å². The maximum absolute atomic E-state index is 11.0. The van der Waals surface area contributed by atoms with Gasteiger partial charge in [0, 0.05) is 5.75 Å². The van der Waals surface area contributed by atoms with Gasteiger partial charge < -0.3 is 0 Å². The summed E-state index contributed by atoms with van der Waals surface area (Å²) >= 11 is 6.28. The largest absolute Gasteiger partial charge is 0.299 e. The highest BCUT2D eigenvalue weighted by molar-refractivity contribution is 8.23. The predicted molar refractivity (Wildman–Crippen MR) is 60.1 cm³/mol. The fourth-order valence-corrected chi connectivity index (χ4v) is 2.16. The quantitative estimate of drug-likeness (QED) is 0.400. The average Bonchev–Trinajstić information content (AvgIpc) is 1.99. The fourth-order valence-electron chi connectivity index (χ4n) is 0.843. The Labute approximate surface area is 87.8 Å². The van der Waals surface area contributed by atoms with E-state index in [9.17, 15) is 9.59 Å². The summed E-state index contributed by atoms with van der Waals surface area (Å²) in [5.74, 6) is -0.460. The number of Topliss-reactive ketones (excluding diaryl/α,β-unsaturated/α-hetero) is 2. The lowest BCUT2D eigenvalue weighted by molar-refractivity contribution is -0.127. The number of carbonyl (C=O) groups is 2. The summed E-state index contributed by atoms with van der Waals surface area (Å²) in [7, 11) is 0. The van der Waals surface area contributed by atoms with Crippen LogP contribution in [0.4, 0.5) is 0 Å². The molecule has 0 amide bonds. The molecule has 0 spiro atoms. The van der Waals surface area contributed by atoms with Crippen molar-refractivity contribution in [3.05, 3.63) is 12.7 Å². The van der Waals surface area contributed by atoms with Crippen LogP contribution in [0.25, 0.3) is 0 Å². The molecule has 0 N–H and O–H groups in total. The summed E-state index contributed by atoms with van der Waals surface area (Å²) in [5.41, 5.74) is 0. The van der Waals surface area contributed by atoms with E-state index in [2.05, 4.69) is 6.58 Å². The van der Waals surface area contributed by atoms with E-state index in [0.717, 1.165) is 0 Å². The Hall–Kier alpha value is -0.480. The summed E-state index contributed by atoms with van der Waals surface area (Å²) in [6, 6.07) is 0. The van der Waals surface area contributed by atoms with E-state index in [-0.39, 0.29) is 11.6 Å². The molecule has 72 valence electrons. The van der Waals surface area contributed by atoms with Gasteiger partial charge >= 0.3 is 0 Å². The zero-order valence-electron chi connectivity index (χ0n) is 7.70. The minimum atomic E-state index is -0.722. The van der Waals surface area contributed by atoms with Gasteiger partial charge in [-0.15, -0.1) is 18.3 Å². The third kappa shape index (κ3) is 4.33. The zero-order chi connectivity index (χ0) is 10.4. The van der Waals surface area contributed by atoms with Crippen LogP contribution in [0.2, 0.25) is 0 Å². The second kappa shape index (κ2) is 6.05. The molecule has 0 saturated carbocycles. The first-order valence-electron chi connectivity index (χ1n) is 3.79. The van der Waals surface area contributed by atoms with E-state index >= 15 is 0 Å².